The average Bonchev–Trinajstić information content (AvgIpc) is 2.08. The summed E-state index contributed by atoms with van der Waals surface area (Å²) >= 11 is 5.78. The standard InChI is InChI=1S/C8H11ClN4/c1-6(10)13-12-5-7-3-2-4-11-8(7)9/h2-6,13H,10H2,1H3/b12-5+. The molecule has 13 heavy (non-hydrogen) atoms. The lowest BCUT2D eigenvalue weighted by molar-refractivity contribution is 0.597. The highest BCUT2D eigenvalue weighted by molar-refractivity contribution is 6.31. The SMILES string of the molecule is CC(N)N/N=C/c1cccnc1Cl. The highest BCUT2D eigenvalue weighted by atomic mass is 35.5. The molecule has 0 aliphatic heterocycles. The second-order valence-corrected chi connectivity index (χ2v) is 2.92. The molecule has 0 saturated heterocycles. The van der Waals surface area contributed by atoms with Crippen molar-refractivity contribution in [2.45, 2.75) is 13.1 Å². The topological polar surface area (TPSA) is 63.3 Å². The van der Waals surface area contributed by atoms with E-state index >= 15 is 0 Å². The Labute approximate surface area is 81.8 Å². The third-order valence-corrected chi connectivity index (χ3v) is 1.59. The van der Waals surface area contributed by atoms with Gasteiger partial charge in [0.2, 0.25) is 0 Å². The summed E-state index contributed by atoms with van der Waals surface area (Å²) in [6.07, 6.45) is 3.03. The summed E-state index contributed by atoms with van der Waals surface area (Å²) in [6, 6.07) is 3.61. The van der Waals surface area contributed by atoms with Crippen molar-refractivity contribution in [2.75, 3.05) is 0 Å². The van der Waals surface area contributed by atoms with Crippen LogP contribution in [0.4, 0.5) is 0 Å². The molecule has 1 rings (SSSR count). The Hall–Kier alpha value is -1.13. The van der Waals surface area contributed by atoms with E-state index in [4.69, 9.17) is 17.3 Å². The normalized spacial score (nSPS) is 13.2. The lowest BCUT2D eigenvalue weighted by atomic mass is 10.3. The van der Waals surface area contributed by atoms with E-state index in [0.717, 1.165) is 5.56 Å². The first-order valence-electron chi connectivity index (χ1n) is 3.85. The number of aromatic nitrogens is 1. The second kappa shape index (κ2) is 4.79. The molecule has 3 N–H and O–H groups in total. The van der Waals surface area contributed by atoms with Crippen LogP contribution in [0.15, 0.2) is 23.4 Å². The van der Waals surface area contributed by atoms with Gasteiger partial charge in [-0.05, 0) is 19.1 Å². The van der Waals surface area contributed by atoms with Crippen molar-refractivity contribution in [1.29, 1.82) is 0 Å². The Balaban J connectivity index is 2.63. The predicted molar refractivity (Wildman–Crippen MR) is 53.6 cm³/mol. The fraction of sp³-hybridized carbons (Fsp3) is 0.250. The molecule has 0 fully saturated rings. The quantitative estimate of drug-likeness (QED) is 0.329. The Kier molecular flexibility index (Phi) is 3.67. The van der Waals surface area contributed by atoms with Gasteiger partial charge in [0.05, 0.1) is 12.4 Å². The van der Waals surface area contributed by atoms with Gasteiger partial charge in [-0.2, -0.15) is 5.10 Å². The van der Waals surface area contributed by atoms with Crippen LogP contribution in [0.3, 0.4) is 0 Å². The molecule has 70 valence electrons. The smallest absolute Gasteiger partial charge is 0.137 e. The van der Waals surface area contributed by atoms with E-state index in [1.807, 2.05) is 6.07 Å². The average molecular weight is 199 g/mol. The molecule has 1 aromatic heterocycles. The minimum atomic E-state index is -0.174. The molecule has 0 bridgehead atoms. The Morgan fingerprint density at radius 3 is 3.15 bits per heavy atom. The fourth-order valence-corrected chi connectivity index (χ4v) is 0.887. The highest BCUT2D eigenvalue weighted by Gasteiger charge is 1.95. The van der Waals surface area contributed by atoms with Gasteiger partial charge in [0.1, 0.15) is 5.15 Å². The number of halogens is 1. The van der Waals surface area contributed by atoms with E-state index in [1.54, 1.807) is 25.4 Å². The summed E-state index contributed by atoms with van der Waals surface area (Å²) < 4.78 is 0. The first kappa shape index (κ1) is 9.95. The maximum absolute atomic E-state index is 5.78. The Bertz CT molecular complexity index is 298. The van der Waals surface area contributed by atoms with Gasteiger partial charge in [0.25, 0.3) is 0 Å². The number of hydrogen-bond donors (Lipinski definition) is 2. The monoisotopic (exact) mass is 198 g/mol. The molecule has 0 spiro atoms. The maximum atomic E-state index is 5.78. The van der Waals surface area contributed by atoms with Gasteiger partial charge in [-0.3, -0.25) is 5.43 Å². The fourth-order valence-electron chi connectivity index (χ4n) is 0.719. The van der Waals surface area contributed by atoms with Crippen molar-refractivity contribution in [2.24, 2.45) is 10.8 Å². The van der Waals surface area contributed by atoms with Crippen molar-refractivity contribution in [1.82, 2.24) is 10.4 Å². The van der Waals surface area contributed by atoms with Gasteiger partial charge in [-0.1, -0.05) is 11.6 Å². The lowest BCUT2D eigenvalue weighted by Crippen LogP contribution is -2.29. The van der Waals surface area contributed by atoms with Crippen molar-refractivity contribution >= 4 is 17.8 Å². The predicted octanol–water partition coefficient (Wildman–Crippen LogP) is 0.963. The van der Waals surface area contributed by atoms with Crippen LogP contribution < -0.4 is 11.2 Å². The molecular weight excluding hydrogens is 188 g/mol. The first-order chi connectivity index (χ1) is 6.20. The molecule has 0 amide bonds. The molecule has 1 unspecified atom stereocenters. The van der Waals surface area contributed by atoms with Crippen LogP contribution >= 0.6 is 11.6 Å². The zero-order valence-electron chi connectivity index (χ0n) is 7.24. The molecular formula is C8H11ClN4. The van der Waals surface area contributed by atoms with Crippen LogP contribution in [0.5, 0.6) is 0 Å². The Morgan fingerprint density at radius 1 is 1.77 bits per heavy atom. The number of nitrogens with two attached hydrogens (primary N) is 1. The molecule has 4 nitrogen and oxygen atoms in total. The van der Waals surface area contributed by atoms with Gasteiger partial charge in [0, 0.05) is 11.8 Å². The van der Waals surface area contributed by atoms with E-state index in [0.29, 0.717) is 5.15 Å². The molecule has 0 saturated carbocycles. The molecule has 1 atom stereocenters. The largest absolute Gasteiger partial charge is 0.311 e. The number of pyridine rings is 1. The summed E-state index contributed by atoms with van der Waals surface area (Å²) in [5.74, 6) is 0. The number of hydrazone groups is 1. The molecule has 1 heterocycles. The summed E-state index contributed by atoms with van der Waals surface area (Å²) in [5.41, 5.74) is 8.86. The zero-order chi connectivity index (χ0) is 9.68. The number of hydrogen-bond acceptors (Lipinski definition) is 4. The van der Waals surface area contributed by atoms with Crippen molar-refractivity contribution in [3.63, 3.8) is 0 Å². The summed E-state index contributed by atoms with van der Waals surface area (Å²) in [4.78, 5) is 3.89. The van der Waals surface area contributed by atoms with E-state index in [2.05, 4.69) is 15.5 Å². The van der Waals surface area contributed by atoms with Crippen LogP contribution in [0.2, 0.25) is 5.15 Å². The third kappa shape index (κ3) is 3.40. The third-order valence-electron chi connectivity index (χ3n) is 1.27. The number of nitrogens with zero attached hydrogens (tertiary/aromatic N) is 2. The van der Waals surface area contributed by atoms with Gasteiger partial charge in [0.15, 0.2) is 0 Å². The number of rotatable bonds is 3. The van der Waals surface area contributed by atoms with E-state index in [1.165, 1.54) is 0 Å². The number of nitrogens with one attached hydrogen (secondary N) is 1. The van der Waals surface area contributed by atoms with Crippen LogP contribution in [0, 0.1) is 0 Å². The second-order valence-electron chi connectivity index (χ2n) is 2.56. The van der Waals surface area contributed by atoms with Gasteiger partial charge < -0.3 is 5.73 Å². The molecule has 1 aromatic rings. The van der Waals surface area contributed by atoms with Crippen molar-refractivity contribution < 1.29 is 0 Å². The van der Waals surface area contributed by atoms with E-state index < -0.39 is 0 Å². The van der Waals surface area contributed by atoms with E-state index in [-0.39, 0.29) is 6.17 Å². The lowest BCUT2D eigenvalue weighted by Gasteiger charge is -2.02. The molecule has 0 aliphatic rings. The van der Waals surface area contributed by atoms with Crippen LogP contribution in [0.25, 0.3) is 0 Å². The van der Waals surface area contributed by atoms with Crippen LogP contribution in [-0.2, 0) is 0 Å². The minimum Gasteiger partial charge on any atom is -0.311 e. The molecule has 0 aliphatic carbocycles. The highest BCUT2D eigenvalue weighted by Crippen LogP contribution is 2.07. The summed E-state index contributed by atoms with van der Waals surface area (Å²) in [5, 5.41) is 4.31. The van der Waals surface area contributed by atoms with E-state index in [9.17, 15) is 0 Å². The van der Waals surface area contributed by atoms with Crippen LogP contribution in [0.1, 0.15) is 12.5 Å². The summed E-state index contributed by atoms with van der Waals surface area (Å²) in [7, 11) is 0. The summed E-state index contributed by atoms with van der Waals surface area (Å²) in [6.45, 7) is 1.79. The van der Waals surface area contributed by atoms with Gasteiger partial charge >= 0.3 is 0 Å². The zero-order valence-corrected chi connectivity index (χ0v) is 7.99. The van der Waals surface area contributed by atoms with Gasteiger partial charge in [-0.25, -0.2) is 4.98 Å². The first-order valence-corrected chi connectivity index (χ1v) is 4.22. The minimum absolute atomic E-state index is 0.174. The van der Waals surface area contributed by atoms with Crippen molar-refractivity contribution in [3.8, 4) is 0 Å². The Morgan fingerprint density at radius 2 is 2.54 bits per heavy atom. The maximum Gasteiger partial charge on any atom is 0.137 e. The molecule has 5 heteroatoms. The molecule has 0 aromatic carbocycles. The van der Waals surface area contributed by atoms with Crippen molar-refractivity contribution in [3.05, 3.63) is 29.0 Å². The van der Waals surface area contributed by atoms with Crippen LogP contribution in [-0.4, -0.2) is 17.4 Å². The van der Waals surface area contributed by atoms with Gasteiger partial charge in [-0.15, -0.1) is 0 Å². The molecule has 0 radical (unpaired) electrons.